The summed E-state index contributed by atoms with van der Waals surface area (Å²) in [4.78, 5) is 21.1. The number of hydrogen-bond donors (Lipinski definition) is 2. The van der Waals surface area contributed by atoms with Crippen molar-refractivity contribution in [2.75, 3.05) is 5.73 Å². The predicted molar refractivity (Wildman–Crippen MR) is 91.5 cm³/mol. The van der Waals surface area contributed by atoms with Gasteiger partial charge < -0.3 is 10.8 Å². The van der Waals surface area contributed by atoms with Crippen LogP contribution in [0, 0.1) is 0 Å². The third kappa shape index (κ3) is 2.93. The molecule has 6 heteroatoms. The van der Waals surface area contributed by atoms with Gasteiger partial charge in [-0.25, -0.2) is 14.8 Å². The minimum Gasteiger partial charge on any atom is -0.478 e. The van der Waals surface area contributed by atoms with Crippen LogP contribution in [0.15, 0.2) is 42.6 Å². The highest BCUT2D eigenvalue weighted by molar-refractivity contribution is 7.15. The molecule has 0 radical (unpaired) electrons. The van der Waals surface area contributed by atoms with Gasteiger partial charge in [-0.3, -0.25) is 0 Å². The topological polar surface area (TPSA) is 89.1 Å². The molecule has 0 spiro atoms. The lowest BCUT2D eigenvalue weighted by molar-refractivity contribution is 0.0697. The normalized spacial score (nSPS) is 10.7. The average molecular weight is 325 g/mol. The molecule has 0 atom stereocenters. The Hall–Kier alpha value is -2.73. The minimum atomic E-state index is -0.966. The first-order chi connectivity index (χ1) is 11.1. The number of aromatic carboxylic acids is 1. The van der Waals surface area contributed by atoms with Crippen molar-refractivity contribution in [1.82, 2.24) is 9.97 Å². The number of thiazole rings is 1. The van der Waals surface area contributed by atoms with Crippen LogP contribution in [-0.2, 0) is 6.42 Å². The number of aryl methyl sites for hydroxylation is 1. The number of rotatable bonds is 4. The Kier molecular flexibility index (Phi) is 4.08. The molecule has 2 heterocycles. The van der Waals surface area contributed by atoms with Crippen molar-refractivity contribution in [3.63, 3.8) is 0 Å². The van der Waals surface area contributed by atoms with E-state index >= 15 is 0 Å². The zero-order valence-electron chi connectivity index (χ0n) is 12.5. The maximum Gasteiger partial charge on any atom is 0.336 e. The molecule has 2 aromatic heterocycles. The first kappa shape index (κ1) is 15.2. The number of hydrogen-bond acceptors (Lipinski definition) is 5. The van der Waals surface area contributed by atoms with Crippen molar-refractivity contribution in [2.24, 2.45) is 0 Å². The van der Waals surface area contributed by atoms with Crippen LogP contribution in [0.25, 0.3) is 21.7 Å². The summed E-state index contributed by atoms with van der Waals surface area (Å²) >= 11 is 1.55. The molecular formula is C17H15N3O2S. The molecule has 3 N–H and O–H groups in total. The zero-order chi connectivity index (χ0) is 16.4. The first-order valence-corrected chi connectivity index (χ1v) is 7.96. The van der Waals surface area contributed by atoms with E-state index in [2.05, 4.69) is 9.97 Å². The fraction of sp³-hybridized carbons (Fsp3) is 0.118. The highest BCUT2D eigenvalue weighted by Gasteiger charge is 2.19. The fourth-order valence-electron chi connectivity index (χ4n) is 2.36. The SMILES string of the molecule is CCc1nc(-c2ccccc2C(=O)O)c(-c2ccnc(N)c2)s1. The van der Waals surface area contributed by atoms with Crippen LogP contribution in [0.5, 0.6) is 0 Å². The number of pyridine rings is 1. The maximum absolute atomic E-state index is 11.5. The van der Waals surface area contributed by atoms with E-state index < -0.39 is 5.97 Å². The molecule has 0 amide bonds. The Bertz CT molecular complexity index is 874. The van der Waals surface area contributed by atoms with E-state index in [4.69, 9.17) is 5.73 Å². The number of carbonyl (C=O) groups is 1. The molecule has 0 unspecified atom stereocenters. The summed E-state index contributed by atoms with van der Waals surface area (Å²) in [5.74, 6) is -0.543. The Balaban J connectivity index is 2.25. The second-order valence-corrected chi connectivity index (χ2v) is 6.04. The Morgan fingerprint density at radius 2 is 2.09 bits per heavy atom. The molecular weight excluding hydrogens is 310 g/mol. The smallest absolute Gasteiger partial charge is 0.336 e. The van der Waals surface area contributed by atoms with Crippen LogP contribution < -0.4 is 5.73 Å². The molecule has 0 aliphatic carbocycles. The van der Waals surface area contributed by atoms with Gasteiger partial charge in [0.1, 0.15) is 5.82 Å². The lowest BCUT2D eigenvalue weighted by atomic mass is 10.0. The molecule has 116 valence electrons. The monoisotopic (exact) mass is 325 g/mol. The van der Waals surface area contributed by atoms with Gasteiger partial charge in [-0.15, -0.1) is 11.3 Å². The summed E-state index contributed by atoms with van der Waals surface area (Å²) in [5.41, 5.74) is 8.20. The van der Waals surface area contributed by atoms with Crippen LogP contribution in [-0.4, -0.2) is 21.0 Å². The van der Waals surface area contributed by atoms with Crippen LogP contribution in [0.1, 0.15) is 22.3 Å². The van der Waals surface area contributed by atoms with E-state index in [-0.39, 0.29) is 5.56 Å². The quantitative estimate of drug-likeness (QED) is 0.763. The van der Waals surface area contributed by atoms with E-state index in [0.29, 0.717) is 17.1 Å². The third-order valence-electron chi connectivity index (χ3n) is 3.43. The van der Waals surface area contributed by atoms with Crippen molar-refractivity contribution < 1.29 is 9.90 Å². The van der Waals surface area contributed by atoms with Gasteiger partial charge in [0.2, 0.25) is 0 Å². The molecule has 5 nitrogen and oxygen atoms in total. The van der Waals surface area contributed by atoms with E-state index in [1.165, 1.54) is 0 Å². The predicted octanol–water partition coefficient (Wildman–Crippen LogP) is 3.71. The number of nitrogens with zero attached hydrogens (tertiary/aromatic N) is 2. The van der Waals surface area contributed by atoms with Crippen molar-refractivity contribution >= 4 is 23.1 Å². The van der Waals surface area contributed by atoms with E-state index in [9.17, 15) is 9.90 Å². The molecule has 23 heavy (non-hydrogen) atoms. The number of anilines is 1. The molecule has 0 saturated carbocycles. The van der Waals surface area contributed by atoms with Crippen LogP contribution in [0.4, 0.5) is 5.82 Å². The lowest BCUT2D eigenvalue weighted by Crippen LogP contribution is -2.00. The summed E-state index contributed by atoms with van der Waals surface area (Å²) in [7, 11) is 0. The molecule has 3 aromatic rings. The van der Waals surface area contributed by atoms with Crippen LogP contribution in [0.3, 0.4) is 0 Å². The molecule has 0 fully saturated rings. The number of nitrogen functional groups attached to an aromatic ring is 1. The number of carboxylic acid groups (broad SMARTS) is 1. The van der Waals surface area contributed by atoms with Gasteiger partial charge in [0, 0.05) is 11.8 Å². The van der Waals surface area contributed by atoms with Crippen molar-refractivity contribution in [2.45, 2.75) is 13.3 Å². The van der Waals surface area contributed by atoms with Crippen molar-refractivity contribution in [3.8, 4) is 21.7 Å². The summed E-state index contributed by atoms with van der Waals surface area (Å²) in [5, 5.41) is 10.4. The Labute approximate surface area is 137 Å². The lowest BCUT2D eigenvalue weighted by Gasteiger charge is -2.06. The Morgan fingerprint density at radius 1 is 1.30 bits per heavy atom. The maximum atomic E-state index is 11.5. The largest absolute Gasteiger partial charge is 0.478 e. The highest BCUT2D eigenvalue weighted by Crippen LogP contribution is 2.38. The molecule has 0 bridgehead atoms. The van der Waals surface area contributed by atoms with Gasteiger partial charge in [0.15, 0.2) is 0 Å². The number of aromatic nitrogens is 2. The summed E-state index contributed by atoms with van der Waals surface area (Å²) in [6, 6.07) is 10.5. The summed E-state index contributed by atoms with van der Waals surface area (Å²) in [6.07, 6.45) is 2.43. The number of carboxylic acids is 1. The van der Waals surface area contributed by atoms with Gasteiger partial charge in [-0.2, -0.15) is 0 Å². The van der Waals surface area contributed by atoms with Gasteiger partial charge in [0.25, 0.3) is 0 Å². The number of benzene rings is 1. The summed E-state index contributed by atoms with van der Waals surface area (Å²) in [6.45, 7) is 2.02. The van der Waals surface area contributed by atoms with Gasteiger partial charge >= 0.3 is 5.97 Å². The van der Waals surface area contributed by atoms with Crippen molar-refractivity contribution in [1.29, 1.82) is 0 Å². The van der Waals surface area contributed by atoms with Gasteiger partial charge in [0.05, 0.1) is 21.1 Å². The Morgan fingerprint density at radius 3 is 2.78 bits per heavy atom. The first-order valence-electron chi connectivity index (χ1n) is 7.14. The van der Waals surface area contributed by atoms with E-state index in [0.717, 1.165) is 21.9 Å². The molecule has 0 aliphatic rings. The second-order valence-electron chi connectivity index (χ2n) is 4.96. The fourth-order valence-corrected chi connectivity index (χ4v) is 3.37. The van der Waals surface area contributed by atoms with Crippen LogP contribution >= 0.6 is 11.3 Å². The van der Waals surface area contributed by atoms with Gasteiger partial charge in [-0.05, 0) is 30.2 Å². The second kappa shape index (κ2) is 6.18. The third-order valence-corrected chi connectivity index (χ3v) is 4.68. The molecule has 3 rings (SSSR count). The molecule has 0 saturated heterocycles. The van der Waals surface area contributed by atoms with Crippen LogP contribution in [0.2, 0.25) is 0 Å². The molecule has 1 aromatic carbocycles. The van der Waals surface area contributed by atoms with E-state index in [1.807, 2.05) is 19.1 Å². The zero-order valence-corrected chi connectivity index (χ0v) is 13.3. The average Bonchev–Trinajstić information content (AvgIpc) is 2.99. The highest BCUT2D eigenvalue weighted by atomic mass is 32.1. The summed E-state index contributed by atoms with van der Waals surface area (Å²) < 4.78 is 0. The number of nitrogens with two attached hydrogens (primary N) is 1. The van der Waals surface area contributed by atoms with Gasteiger partial charge in [-0.1, -0.05) is 25.1 Å². The van der Waals surface area contributed by atoms with Crippen molar-refractivity contribution in [3.05, 3.63) is 53.2 Å². The van der Waals surface area contributed by atoms with E-state index in [1.54, 1.807) is 41.8 Å². The molecule has 0 aliphatic heterocycles. The minimum absolute atomic E-state index is 0.240. The standard InChI is InChI=1S/C17H15N3O2S/c1-2-14-20-15(11-5-3-4-6-12(11)17(21)22)16(23-14)10-7-8-19-13(18)9-10/h3-9H,2H2,1H3,(H2,18,19)(H,21,22).